The van der Waals surface area contributed by atoms with Crippen molar-refractivity contribution in [1.29, 1.82) is 0 Å². The monoisotopic (exact) mass is 233 g/mol. The highest BCUT2D eigenvalue weighted by atomic mass is 19.1. The van der Waals surface area contributed by atoms with Gasteiger partial charge in [-0.05, 0) is 12.5 Å². The molecule has 0 bridgehead atoms. The van der Waals surface area contributed by atoms with Gasteiger partial charge < -0.3 is 9.72 Å². The van der Waals surface area contributed by atoms with E-state index in [4.69, 9.17) is 4.74 Å². The fourth-order valence-corrected chi connectivity index (χ4v) is 1.63. The first-order valence-corrected chi connectivity index (χ1v) is 5.33. The van der Waals surface area contributed by atoms with Crippen LogP contribution in [-0.2, 0) is 4.74 Å². The van der Waals surface area contributed by atoms with Crippen LogP contribution in [0.15, 0.2) is 36.5 Å². The Morgan fingerprint density at radius 3 is 2.71 bits per heavy atom. The number of hydrogen-bond acceptors (Lipinski definition) is 2. The topological polar surface area (TPSA) is 42.1 Å². The SMILES string of the molecule is CCOC(=O)c1c(F)c[nH]c1-c1ccccc1. The Morgan fingerprint density at radius 1 is 1.35 bits per heavy atom. The molecule has 0 saturated heterocycles. The normalized spacial score (nSPS) is 10.2. The molecule has 0 radical (unpaired) electrons. The van der Waals surface area contributed by atoms with Crippen molar-refractivity contribution in [2.45, 2.75) is 6.92 Å². The van der Waals surface area contributed by atoms with Gasteiger partial charge in [-0.15, -0.1) is 0 Å². The molecule has 0 aliphatic rings. The average Bonchev–Trinajstić information content (AvgIpc) is 2.73. The maximum absolute atomic E-state index is 13.5. The molecule has 4 heteroatoms. The molecule has 3 nitrogen and oxygen atoms in total. The lowest BCUT2D eigenvalue weighted by Gasteiger charge is -2.04. The highest BCUT2D eigenvalue weighted by molar-refractivity contribution is 5.96. The summed E-state index contributed by atoms with van der Waals surface area (Å²) in [5.41, 5.74) is 1.15. The van der Waals surface area contributed by atoms with Crippen LogP contribution in [0.2, 0.25) is 0 Å². The number of carbonyl (C=O) groups is 1. The summed E-state index contributed by atoms with van der Waals surface area (Å²) in [7, 11) is 0. The molecule has 0 aliphatic heterocycles. The minimum atomic E-state index is -0.648. The summed E-state index contributed by atoms with van der Waals surface area (Å²) in [5, 5.41) is 0. The zero-order valence-corrected chi connectivity index (χ0v) is 9.37. The summed E-state index contributed by atoms with van der Waals surface area (Å²) in [6.45, 7) is 1.91. The lowest BCUT2D eigenvalue weighted by Crippen LogP contribution is -2.06. The van der Waals surface area contributed by atoms with Crippen molar-refractivity contribution in [3.05, 3.63) is 47.9 Å². The van der Waals surface area contributed by atoms with E-state index in [1.807, 2.05) is 18.2 Å². The number of H-pyrrole nitrogens is 1. The molecule has 0 amide bonds. The molecule has 17 heavy (non-hydrogen) atoms. The third-order valence-corrected chi connectivity index (χ3v) is 2.37. The van der Waals surface area contributed by atoms with Crippen molar-refractivity contribution in [3.8, 4) is 11.3 Å². The standard InChI is InChI=1S/C13H12FNO2/c1-2-17-13(16)11-10(14)8-15-12(11)9-6-4-3-5-7-9/h3-8,15H,2H2,1H3. The molecule has 88 valence electrons. The fraction of sp³-hybridized carbons (Fsp3) is 0.154. The van der Waals surface area contributed by atoms with E-state index in [0.717, 1.165) is 11.8 Å². The molecule has 0 spiro atoms. The zero-order chi connectivity index (χ0) is 12.3. The van der Waals surface area contributed by atoms with Crippen molar-refractivity contribution in [2.75, 3.05) is 6.61 Å². The zero-order valence-electron chi connectivity index (χ0n) is 9.37. The van der Waals surface area contributed by atoms with Gasteiger partial charge in [-0.1, -0.05) is 30.3 Å². The molecule has 0 unspecified atom stereocenters. The Kier molecular flexibility index (Phi) is 3.23. The molecule has 1 aromatic heterocycles. The molecule has 2 rings (SSSR count). The lowest BCUT2D eigenvalue weighted by molar-refractivity contribution is 0.0522. The molecule has 2 aromatic rings. The summed E-state index contributed by atoms with van der Waals surface area (Å²) in [4.78, 5) is 14.4. The Balaban J connectivity index is 2.46. The third-order valence-electron chi connectivity index (χ3n) is 2.37. The molecule has 0 aliphatic carbocycles. The average molecular weight is 233 g/mol. The molecule has 0 saturated carbocycles. The van der Waals surface area contributed by atoms with E-state index in [1.54, 1.807) is 19.1 Å². The highest BCUT2D eigenvalue weighted by Crippen LogP contribution is 2.25. The number of aromatic amines is 1. The van der Waals surface area contributed by atoms with E-state index in [9.17, 15) is 9.18 Å². The van der Waals surface area contributed by atoms with Crippen molar-refractivity contribution in [2.24, 2.45) is 0 Å². The molecular formula is C13H12FNO2. The van der Waals surface area contributed by atoms with Crippen molar-refractivity contribution in [1.82, 2.24) is 4.98 Å². The van der Waals surface area contributed by atoms with E-state index < -0.39 is 11.8 Å². The maximum Gasteiger partial charge on any atom is 0.343 e. The van der Waals surface area contributed by atoms with Gasteiger partial charge in [0.1, 0.15) is 5.56 Å². The van der Waals surface area contributed by atoms with Crippen LogP contribution in [0.5, 0.6) is 0 Å². The number of carbonyl (C=O) groups excluding carboxylic acids is 1. The number of esters is 1. The summed E-state index contributed by atoms with van der Waals surface area (Å²) in [6.07, 6.45) is 1.16. The van der Waals surface area contributed by atoms with E-state index in [1.165, 1.54) is 0 Å². The van der Waals surface area contributed by atoms with Gasteiger partial charge in [0.15, 0.2) is 5.82 Å². The van der Waals surface area contributed by atoms with Crippen LogP contribution in [0.1, 0.15) is 17.3 Å². The van der Waals surface area contributed by atoms with Crippen LogP contribution in [-0.4, -0.2) is 17.6 Å². The predicted octanol–water partition coefficient (Wildman–Crippen LogP) is 3.00. The number of hydrogen-bond donors (Lipinski definition) is 1. The second-order valence-corrected chi connectivity index (χ2v) is 3.47. The van der Waals surface area contributed by atoms with Gasteiger partial charge in [0, 0.05) is 6.20 Å². The Bertz CT molecular complexity index is 519. The van der Waals surface area contributed by atoms with Crippen LogP contribution in [0.3, 0.4) is 0 Å². The summed E-state index contributed by atoms with van der Waals surface area (Å²) in [6, 6.07) is 9.10. The number of halogens is 1. The largest absolute Gasteiger partial charge is 0.462 e. The molecular weight excluding hydrogens is 221 g/mol. The van der Waals surface area contributed by atoms with Crippen molar-refractivity contribution < 1.29 is 13.9 Å². The van der Waals surface area contributed by atoms with Gasteiger partial charge in [-0.2, -0.15) is 0 Å². The first-order chi connectivity index (χ1) is 8.24. The molecule has 1 N–H and O–H groups in total. The van der Waals surface area contributed by atoms with Gasteiger partial charge in [-0.3, -0.25) is 0 Å². The fourth-order valence-electron chi connectivity index (χ4n) is 1.63. The van der Waals surface area contributed by atoms with Crippen LogP contribution in [0.4, 0.5) is 4.39 Å². The molecule has 0 atom stereocenters. The molecule has 1 aromatic carbocycles. The van der Waals surface area contributed by atoms with Crippen LogP contribution in [0, 0.1) is 5.82 Å². The van der Waals surface area contributed by atoms with Gasteiger partial charge in [0.2, 0.25) is 0 Å². The highest BCUT2D eigenvalue weighted by Gasteiger charge is 2.20. The number of rotatable bonds is 3. The Hall–Kier alpha value is -2.10. The first kappa shape index (κ1) is 11.4. The minimum absolute atomic E-state index is 0.0435. The van der Waals surface area contributed by atoms with Gasteiger partial charge >= 0.3 is 5.97 Å². The number of benzene rings is 1. The summed E-state index contributed by atoms with van der Waals surface area (Å²) >= 11 is 0. The third kappa shape index (κ3) is 2.20. The van der Waals surface area contributed by atoms with E-state index >= 15 is 0 Å². The molecule has 1 heterocycles. The number of ether oxygens (including phenoxy) is 1. The predicted molar refractivity (Wildman–Crippen MR) is 62.1 cm³/mol. The second kappa shape index (κ2) is 4.82. The smallest absolute Gasteiger partial charge is 0.343 e. The number of nitrogens with one attached hydrogen (secondary N) is 1. The quantitative estimate of drug-likeness (QED) is 0.828. The molecule has 0 fully saturated rings. The van der Waals surface area contributed by atoms with Crippen LogP contribution in [0.25, 0.3) is 11.3 Å². The van der Waals surface area contributed by atoms with E-state index in [0.29, 0.717) is 5.69 Å². The Labute approximate surface area is 98.2 Å². The van der Waals surface area contributed by atoms with Crippen molar-refractivity contribution >= 4 is 5.97 Å². The van der Waals surface area contributed by atoms with E-state index in [-0.39, 0.29) is 12.2 Å². The maximum atomic E-state index is 13.5. The lowest BCUT2D eigenvalue weighted by atomic mass is 10.1. The van der Waals surface area contributed by atoms with Gasteiger partial charge in [-0.25, -0.2) is 9.18 Å². The first-order valence-electron chi connectivity index (χ1n) is 5.33. The van der Waals surface area contributed by atoms with E-state index in [2.05, 4.69) is 4.98 Å². The van der Waals surface area contributed by atoms with Crippen LogP contribution >= 0.6 is 0 Å². The number of aromatic nitrogens is 1. The summed E-state index contributed by atoms with van der Waals surface area (Å²) < 4.78 is 18.4. The van der Waals surface area contributed by atoms with Gasteiger partial charge in [0.25, 0.3) is 0 Å². The van der Waals surface area contributed by atoms with Crippen LogP contribution < -0.4 is 0 Å². The van der Waals surface area contributed by atoms with Gasteiger partial charge in [0.05, 0.1) is 12.3 Å². The Morgan fingerprint density at radius 2 is 2.06 bits per heavy atom. The summed E-state index contributed by atoms with van der Waals surface area (Å²) in [5.74, 6) is -1.24. The minimum Gasteiger partial charge on any atom is -0.462 e. The second-order valence-electron chi connectivity index (χ2n) is 3.47. The van der Waals surface area contributed by atoms with Crippen molar-refractivity contribution in [3.63, 3.8) is 0 Å².